The summed E-state index contributed by atoms with van der Waals surface area (Å²) in [7, 11) is 0. The van der Waals surface area contributed by atoms with Crippen LogP contribution in [0.4, 0.5) is 4.39 Å². The Morgan fingerprint density at radius 3 is 2.85 bits per heavy atom. The van der Waals surface area contributed by atoms with Crippen LogP contribution in [-0.4, -0.2) is 11.5 Å². The number of pyridine rings is 1. The van der Waals surface area contributed by atoms with Gasteiger partial charge in [-0.25, -0.2) is 4.39 Å². The van der Waals surface area contributed by atoms with E-state index in [9.17, 15) is 4.39 Å². The second kappa shape index (κ2) is 7.01. The Balaban J connectivity index is 2.26. The van der Waals surface area contributed by atoms with Crippen LogP contribution in [0.2, 0.25) is 0 Å². The predicted molar refractivity (Wildman–Crippen MR) is 77.4 cm³/mol. The van der Waals surface area contributed by atoms with Crippen LogP contribution in [0, 0.1) is 5.82 Å². The number of nitrogens with zero attached hydrogens (tertiary/aromatic N) is 1. The van der Waals surface area contributed by atoms with E-state index in [-0.39, 0.29) is 17.6 Å². The molecule has 0 aliphatic carbocycles. The minimum Gasteiger partial charge on any atom is -0.452 e. The molecule has 0 saturated carbocycles. The molecule has 0 saturated heterocycles. The van der Waals surface area contributed by atoms with Gasteiger partial charge in [0.15, 0.2) is 11.6 Å². The Bertz CT molecular complexity index is 545. The Hall–Kier alpha value is -1.94. The van der Waals surface area contributed by atoms with Crippen molar-refractivity contribution in [3.63, 3.8) is 0 Å². The third-order valence-corrected chi connectivity index (χ3v) is 3.02. The van der Waals surface area contributed by atoms with Crippen molar-refractivity contribution >= 4 is 0 Å². The Morgan fingerprint density at radius 1 is 1.30 bits per heavy atom. The fraction of sp³-hybridized carbons (Fsp3) is 0.312. The van der Waals surface area contributed by atoms with Crippen LogP contribution < -0.4 is 10.1 Å². The molecule has 1 heterocycles. The van der Waals surface area contributed by atoms with E-state index in [0.29, 0.717) is 5.75 Å². The summed E-state index contributed by atoms with van der Waals surface area (Å²) in [6, 6.07) is 8.52. The van der Waals surface area contributed by atoms with Gasteiger partial charge in [-0.1, -0.05) is 19.1 Å². The predicted octanol–water partition coefficient (Wildman–Crippen LogP) is 4.07. The van der Waals surface area contributed by atoms with E-state index in [1.165, 1.54) is 6.07 Å². The van der Waals surface area contributed by atoms with Crippen LogP contribution in [0.1, 0.15) is 31.9 Å². The van der Waals surface area contributed by atoms with Gasteiger partial charge in [-0.15, -0.1) is 0 Å². The van der Waals surface area contributed by atoms with Gasteiger partial charge >= 0.3 is 0 Å². The topological polar surface area (TPSA) is 34.1 Å². The van der Waals surface area contributed by atoms with E-state index >= 15 is 0 Å². The summed E-state index contributed by atoms with van der Waals surface area (Å²) in [6.45, 7) is 4.98. The Labute approximate surface area is 118 Å². The van der Waals surface area contributed by atoms with E-state index in [1.54, 1.807) is 30.6 Å². The number of benzene rings is 1. The van der Waals surface area contributed by atoms with Crippen molar-refractivity contribution in [1.29, 1.82) is 0 Å². The molecule has 1 unspecified atom stereocenters. The van der Waals surface area contributed by atoms with Gasteiger partial charge in [0.1, 0.15) is 5.75 Å². The number of ether oxygens (including phenoxy) is 1. The first-order valence-electron chi connectivity index (χ1n) is 6.82. The van der Waals surface area contributed by atoms with Crippen LogP contribution in [0.3, 0.4) is 0 Å². The van der Waals surface area contributed by atoms with Gasteiger partial charge in [-0.3, -0.25) is 4.98 Å². The summed E-state index contributed by atoms with van der Waals surface area (Å²) in [4.78, 5) is 3.97. The summed E-state index contributed by atoms with van der Waals surface area (Å²) >= 11 is 0. The number of nitrogens with one attached hydrogen (secondary N) is 1. The molecule has 1 aromatic carbocycles. The summed E-state index contributed by atoms with van der Waals surface area (Å²) in [6.07, 6.45) is 4.25. The quantitative estimate of drug-likeness (QED) is 0.862. The highest BCUT2D eigenvalue weighted by Gasteiger charge is 2.15. The maximum Gasteiger partial charge on any atom is 0.167 e. The fourth-order valence-corrected chi connectivity index (χ4v) is 1.97. The third-order valence-electron chi connectivity index (χ3n) is 3.02. The van der Waals surface area contributed by atoms with Gasteiger partial charge < -0.3 is 10.1 Å². The van der Waals surface area contributed by atoms with Gasteiger partial charge in [-0.05, 0) is 38.1 Å². The van der Waals surface area contributed by atoms with Gasteiger partial charge in [0.25, 0.3) is 0 Å². The number of hydrogen-bond acceptors (Lipinski definition) is 3. The number of aromatic nitrogens is 1. The molecular formula is C16H19FN2O. The molecular weight excluding hydrogens is 255 g/mol. The molecule has 0 bridgehead atoms. The molecule has 4 heteroatoms. The van der Waals surface area contributed by atoms with Crippen LogP contribution in [-0.2, 0) is 0 Å². The number of halogens is 1. The minimum atomic E-state index is -0.364. The smallest absolute Gasteiger partial charge is 0.167 e. The van der Waals surface area contributed by atoms with Gasteiger partial charge in [0, 0.05) is 17.8 Å². The molecule has 106 valence electrons. The molecule has 0 amide bonds. The zero-order valence-corrected chi connectivity index (χ0v) is 11.8. The molecule has 1 N–H and O–H groups in total. The fourth-order valence-electron chi connectivity index (χ4n) is 1.97. The average molecular weight is 274 g/mol. The lowest BCUT2D eigenvalue weighted by atomic mass is 10.1. The molecule has 0 spiro atoms. The van der Waals surface area contributed by atoms with Crippen molar-refractivity contribution in [3.05, 3.63) is 54.1 Å². The molecule has 1 atom stereocenters. The molecule has 0 radical (unpaired) electrons. The van der Waals surface area contributed by atoms with Crippen molar-refractivity contribution in [2.75, 3.05) is 6.54 Å². The van der Waals surface area contributed by atoms with Crippen LogP contribution in [0.25, 0.3) is 0 Å². The minimum absolute atomic E-state index is 0.0253. The zero-order valence-electron chi connectivity index (χ0n) is 11.8. The summed E-state index contributed by atoms with van der Waals surface area (Å²) in [5.74, 6) is 0.426. The zero-order chi connectivity index (χ0) is 14.4. The summed E-state index contributed by atoms with van der Waals surface area (Å²) in [5.41, 5.74) is 0.808. The average Bonchev–Trinajstić information content (AvgIpc) is 2.48. The van der Waals surface area contributed by atoms with Crippen molar-refractivity contribution in [1.82, 2.24) is 10.3 Å². The lowest BCUT2D eigenvalue weighted by molar-refractivity contribution is 0.424. The van der Waals surface area contributed by atoms with Gasteiger partial charge in [0.05, 0.1) is 6.20 Å². The third kappa shape index (κ3) is 3.54. The lowest BCUT2D eigenvalue weighted by Gasteiger charge is -2.18. The largest absolute Gasteiger partial charge is 0.452 e. The number of hydrogen-bond donors (Lipinski definition) is 1. The molecule has 0 fully saturated rings. The molecule has 1 aromatic heterocycles. The molecule has 2 aromatic rings. The van der Waals surface area contributed by atoms with Gasteiger partial charge in [-0.2, -0.15) is 0 Å². The van der Waals surface area contributed by atoms with E-state index in [4.69, 9.17) is 4.74 Å². The first kappa shape index (κ1) is 14.5. The number of rotatable bonds is 6. The second-order valence-corrected chi connectivity index (χ2v) is 4.62. The summed E-state index contributed by atoms with van der Waals surface area (Å²) < 4.78 is 19.7. The van der Waals surface area contributed by atoms with Crippen LogP contribution >= 0.6 is 0 Å². The maximum atomic E-state index is 14.0. The van der Waals surface area contributed by atoms with Crippen molar-refractivity contribution in [2.24, 2.45) is 0 Å². The molecule has 0 aliphatic rings. The second-order valence-electron chi connectivity index (χ2n) is 4.62. The van der Waals surface area contributed by atoms with E-state index in [1.807, 2.05) is 13.0 Å². The molecule has 3 nitrogen and oxygen atoms in total. The van der Waals surface area contributed by atoms with E-state index < -0.39 is 0 Å². The lowest BCUT2D eigenvalue weighted by Crippen LogP contribution is -2.20. The highest BCUT2D eigenvalue weighted by Crippen LogP contribution is 2.31. The first-order chi connectivity index (χ1) is 9.72. The maximum absolute atomic E-state index is 14.0. The monoisotopic (exact) mass is 274 g/mol. The van der Waals surface area contributed by atoms with E-state index in [2.05, 4.69) is 17.2 Å². The Kier molecular flexibility index (Phi) is 5.07. The normalized spacial score (nSPS) is 12.2. The van der Waals surface area contributed by atoms with Crippen molar-refractivity contribution in [3.8, 4) is 11.5 Å². The van der Waals surface area contributed by atoms with Crippen LogP contribution in [0.15, 0.2) is 42.7 Å². The SMILES string of the molecule is CCCNC(C)c1cccc(F)c1Oc1cccnc1. The molecule has 2 rings (SSSR count). The molecule has 20 heavy (non-hydrogen) atoms. The number of para-hydroxylation sites is 1. The first-order valence-corrected chi connectivity index (χ1v) is 6.82. The summed E-state index contributed by atoms with van der Waals surface area (Å²) in [5, 5.41) is 3.34. The standard InChI is InChI=1S/C16H19FN2O/c1-3-9-19-12(2)14-7-4-8-15(17)16(14)20-13-6-5-10-18-11-13/h4-8,10-12,19H,3,9H2,1-2H3. The molecule has 0 aliphatic heterocycles. The highest BCUT2D eigenvalue weighted by atomic mass is 19.1. The van der Waals surface area contributed by atoms with Crippen molar-refractivity contribution in [2.45, 2.75) is 26.3 Å². The van der Waals surface area contributed by atoms with Gasteiger partial charge in [0.2, 0.25) is 0 Å². The van der Waals surface area contributed by atoms with Crippen molar-refractivity contribution < 1.29 is 9.13 Å². The van der Waals surface area contributed by atoms with E-state index in [0.717, 1.165) is 18.5 Å². The van der Waals surface area contributed by atoms with Crippen LogP contribution in [0.5, 0.6) is 11.5 Å². The Morgan fingerprint density at radius 2 is 2.15 bits per heavy atom. The highest BCUT2D eigenvalue weighted by molar-refractivity contribution is 5.40.